The van der Waals surface area contributed by atoms with Gasteiger partial charge in [0.2, 0.25) is 5.91 Å². The smallest absolute Gasteiger partial charge is 0.224 e. The lowest BCUT2D eigenvalue weighted by Gasteiger charge is -2.28. The minimum atomic E-state index is -0.403. The van der Waals surface area contributed by atoms with E-state index in [1.54, 1.807) is 18.3 Å². The highest BCUT2D eigenvalue weighted by atomic mass is 79.9. The van der Waals surface area contributed by atoms with Gasteiger partial charge in [-0.25, -0.2) is 0 Å². The zero-order valence-electron chi connectivity index (χ0n) is 11.7. The normalized spacial score (nSPS) is 22.1. The molecule has 1 aliphatic heterocycles. The number of carbonyl (C=O) groups is 1. The standard InChI is InChI=1S/C13H17BrN4O3/c1-7-3-11(19)17-13(16-7)18-15-6-8-4-9(14)12(20)10(5-8)21-2/h4-7,13,16,18,20H,3H2,1-2H3,(H,17,19)/b15-6-. The second kappa shape index (κ2) is 6.77. The Balaban J connectivity index is 2.01. The summed E-state index contributed by atoms with van der Waals surface area (Å²) in [4.78, 5) is 11.4. The summed E-state index contributed by atoms with van der Waals surface area (Å²) < 4.78 is 5.57. The van der Waals surface area contributed by atoms with Gasteiger partial charge in [0, 0.05) is 12.5 Å². The summed E-state index contributed by atoms with van der Waals surface area (Å²) in [7, 11) is 1.48. The van der Waals surface area contributed by atoms with Gasteiger partial charge in [0.25, 0.3) is 0 Å². The van der Waals surface area contributed by atoms with Crippen molar-refractivity contribution in [3.63, 3.8) is 0 Å². The van der Waals surface area contributed by atoms with Gasteiger partial charge >= 0.3 is 0 Å². The molecule has 0 aromatic heterocycles. The summed E-state index contributed by atoms with van der Waals surface area (Å²) >= 11 is 3.24. The molecule has 2 atom stereocenters. The number of nitrogens with one attached hydrogen (secondary N) is 3. The Morgan fingerprint density at radius 2 is 2.33 bits per heavy atom. The molecule has 0 saturated carbocycles. The van der Waals surface area contributed by atoms with E-state index in [4.69, 9.17) is 4.74 Å². The van der Waals surface area contributed by atoms with Crippen LogP contribution < -0.4 is 20.8 Å². The molecule has 1 fully saturated rings. The molecule has 0 aliphatic carbocycles. The molecule has 0 spiro atoms. The van der Waals surface area contributed by atoms with Crippen LogP contribution in [0.2, 0.25) is 0 Å². The van der Waals surface area contributed by atoms with Gasteiger partial charge in [-0.05, 0) is 40.5 Å². The Bertz CT molecular complexity index is 565. The van der Waals surface area contributed by atoms with Gasteiger partial charge in [-0.3, -0.25) is 15.5 Å². The molecule has 1 amide bonds. The Morgan fingerprint density at radius 1 is 1.57 bits per heavy atom. The maximum Gasteiger partial charge on any atom is 0.224 e. The third-order valence-corrected chi connectivity index (χ3v) is 3.54. The van der Waals surface area contributed by atoms with Gasteiger partial charge < -0.3 is 15.2 Å². The first-order valence-electron chi connectivity index (χ1n) is 6.40. The average Bonchev–Trinajstić information content (AvgIpc) is 2.41. The van der Waals surface area contributed by atoms with E-state index < -0.39 is 6.29 Å². The molecule has 0 bridgehead atoms. The van der Waals surface area contributed by atoms with E-state index in [-0.39, 0.29) is 17.7 Å². The van der Waals surface area contributed by atoms with Gasteiger partial charge in [-0.2, -0.15) is 5.10 Å². The Labute approximate surface area is 130 Å². The van der Waals surface area contributed by atoms with E-state index in [9.17, 15) is 9.90 Å². The monoisotopic (exact) mass is 356 g/mol. The Hall–Kier alpha value is -1.80. The average molecular weight is 357 g/mol. The van der Waals surface area contributed by atoms with Crippen LogP contribution >= 0.6 is 15.9 Å². The number of hydrogen-bond donors (Lipinski definition) is 4. The number of aromatic hydroxyl groups is 1. The molecule has 1 aliphatic rings. The predicted octanol–water partition coefficient (Wildman–Crippen LogP) is 0.868. The van der Waals surface area contributed by atoms with Crippen LogP contribution in [-0.2, 0) is 4.79 Å². The molecule has 1 heterocycles. The fourth-order valence-electron chi connectivity index (χ4n) is 1.96. The van der Waals surface area contributed by atoms with Gasteiger partial charge in [0.1, 0.15) is 0 Å². The number of phenols is 1. The molecule has 1 saturated heterocycles. The number of hydrazone groups is 1. The van der Waals surface area contributed by atoms with E-state index in [0.29, 0.717) is 16.6 Å². The molecule has 114 valence electrons. The van der Waals surface area contributed by atoms with Crippen LogP contribution in [-0.4, -0.2) is 36.7 Å². The Morgan fingerprint density at radius 3 is 3.00 bits per heavy atom. The van der Waals surface area contributed by atoms with Gasteiger partial charge in [0.05, 0.1) is 17.8 Å². The number of rotatable bonds is 4. The largest absolute Gasteiger partial charge is 0.503 e. The van der Waals surface area contributed by atoms with Crippen LogP contribution in [0, 0.1) is 0 Å². The summed E-state index contributed by atoms with van der Waals surface area (Å²) in [6.07, 6.45) is 1.61. The quantitative estimate of drug-likeness (QED) is 0.474. The van der Waals surface area contributed by atoms with Gasteiger partial charge in [-0.1, -0.05) is 0 Å². The molecule has 0 radical (unpaired) electrons. The number of benzene rings is 1. The summed E-state index contributed by atoms with van der Waals surface area (Å²) in [6.45, 7) is 1.93. The number of halogens is 1. The topological polar surface area (TPSA) is 95.0 Å². The molecule has 1 aromatic carbocycles. The minimum Gasteiger partial charge on any atom is -0.503 e. The lowest BCUT2D eigenvalue weighted by Crippen LogP contribution is -2.60. The van der Waals surface area contributed by atoms with Crippen LogP contribution in [0.25, 0.3) is 0 Å². The van der Waals surface area contributed by atoms with Crippen LogP contribution in [0.15, 0.2) is 21.7 Å². The van der Waals surface area contributed by atoms with Crippen molar-refractivity contribution in [1.29, 1.82) is 0 Å². The van der Waals surface area contributed by atoms with Crippen molar-refractivity contribution in [2.75, 3.05) is 7.11 Å². The van der Waals surface area contributed by atoms with Gasteiger partial charge in [0.15, 0.2) is 17.8 Å². The molecule has 1 aromatic rings. The molecular formula is C13H17BrN4O3. The summed E-state index contributed by atoms with van der Waals surface area (Å²) in [5.74, 6) is 0.365. The van der Waals surface area contributed by atoms with Crippen molar-refractivity contribution in [3.05, 3.63) is 22.2 Å². The second-order valence-corrected chi connectivity index (χ2v) is 5.57. The fourth-order valence-corrected chi connectivity index (χ4v) is 2.42. The van der Waals surface area contributed by atoms with Crippen molar-refractivity contribution in [1.82, 2.24) is 16.1 Å². The molecule has 2 unspecified atom stereocenters. The van der Waals surface area contributed by atoms with Crippen LogP contribution in [0.3, 0.4) is 0 Å². The van der Waals surface area contributed by atoms with Crippen LogP contribution in [0.5, 0.6) is 11.5 Å². The van der Waals surface area contributed by atoms with E-state index >= 15 is 0 Å². The number of carbonyl (C=O) groups excluding carboxylic acids is 1. The lowest BCUT2D eigenvalue weighted by atomic mass is 10.2. The van der Waals surface area contributed by atoms with Crippen LogP contribution in [0.1, 0.15) is 18.9 Å². The van der Waals surface area contributed by atoms with Gasteiger partial charge in [-0.15, -0.1) is 0 Å². The fraction of sp³-hybridized carbons (Fsp3) is 0.385. The highest BCUT2D eigenvalue weighted by molar-refractivity contribution is 9.10. The van der Waals surface area contributed by atoms with Crippen LogP contribution in [0.4, 0.5) is 0 Å². The third-order valence-electron chi connectivity index (χ3n) is 2.94. The number of hydrogen-bond acceptors (Lipinski definition) is 6. The number of nitrogens with zero attached hydrogens (tertiary/aromatic N) is 1. The zero-order valence-corrected chi connectivity index (χ0v) is 13.3. The molecule has 2 rings (SSSR count). The van der Waals surface area contributed by atoms with E-state index in [1.165, 1.54) is 7.11 Å². The second-order valence-electron chi connectivity index (χ2n) is 4.71. The summed E-state index contributed by atoms with van der Waals surface area (Å²) in [5, 5.41) is 19.7. The maximum atomic E-state index is 11.4. The third kappa shape index (κ3) is 4.08. The molecule has 7 nitrogen and oxygen atoms in total. The number of ether oxygens (including phenoxy) is 1. The minimum absolute atomic E-state index is 0.0250. The van der Waals surface area contributed by atoms with Crippen molar-refractivity contribution in [3.8, 4) is 11.5 Å². The molecule has 4 N–H and O–H groups in total. The molecule has 8 heteroatoms. The first kappa shape index (κ1) is 15.6. The lowest BCUT2D eigenvalue weighted by molar-refractivity contribution is -0.124. The van der Waals surface area contributed by atoms with Crippen molar-refractivity contribution >= 4 is 28.1 Å². The highest BCUT2D eigenvalue weighted by Gasteiger charge is 2.21. The zero-order chi connectivity index (χ0) is 15.4. The maximum absolute atomic E-state index is 11.4. The number of amides is 1. The highest BCUT2D eigenvalue weighted by Crippen LogP contribution is 2.34. The Kier molecular flexibility index (Phi) is 5.03. The number of phenolic OH excluding ortho intramolecular Hbond substituents is 1. The SMILES string of the molecule is COc1cc(/C=N\NC2NC(=O)CC(C)N2)cc(Br)c1O. The first-order valence-corrected chi connectivity index (χ1v) is 7.19. The van der Waals surface area contributed by atoms with Crippen molar-refractivity contribution < 1.29 is 14.6 Å². The van der Waals surface area contributed by atoms with E-state index in [0.717, 1.165) is 5.56 Å². The molecule has 21 heavy (non-hydrogen) atoms. The number of methoxy groups -OCH3 is 1. The summed E-state index contributed by atoms with van der Waals surface area (Å²) in [5.41, 5.74) is 3.55. The first-order chi connectivity index (χ1) is 9.99. The summed E-state index contributed by atoms with van der Waals surface area (Å²) in [6, 6.07) is 3.45. The van der Waals surface area contributed by atoms with Crippen molar-refractivity contribution in [2.24, 2.45) is 5.10 Å². The predicted molar refractivity (Wildman–Crippen MR) is 82.2 cm³/mol. The van der Waals surface area contributed by atoms with E-state index in [1.807, 2.05) is 6.92 Å². The molecular weight excluding hydrogens is 340 g/mol. The van der Waals surface area contributed by atoms with E-state index in [2.05, 4.69) is 37.1 Å². The van der Waals surface area contributed by atoms with Crippen molar-refractivity contribution in [2.45, 2.75) is 25.7 Å².